The summed E-state index contributed by atoms with van der Waals surface area (Å²) in [5.41, 5.74) is 1.60. The summed E-state index contributed by atoms with van der Waals surface area (Å²) < 4.78 is 5.06. The van der Waals surface area contributed by atoms with E-state index in [9.17, 15) is 4.79 Å². The van der Waals surface area contributed by atoms with E-state index in [4.69, 9.17) is 4.52 Å². The Bertz CT molecular complexity index is 522. The molecule has 5 heteroatoms. The number of nitrogens with one attached hydrogen (secondary N) is 2. The van der Waals surface area contributed by atoms with Crippen molar-refractivity contribution in [3.63, 3.8) is 0 Å². The molecule has 0 aliphatic heterocycles. The molecule has 1 heterocycles. The monoisotopic (exact) mass is 259 g/mol. The van der Waals surface area contributed by atoms with Crippen LogP contribution in [0.4, 0.5) is 0 Å². The Morgan fingerprint density at radius 2 is 2.05 bits per heavy atom. The third-order valence-electron chi connectivity index (χ3n) is 2.69. The zero-order valence-electron chi connectivity index (χ0n) is 10.8. The molecular weight excluding hydrogens is 242 g/mol. The maximum Gasteiger partial charge on any atom is 0.289 e. The van der Waals surface area contributed by atoms with Gasteiger partial charge in [-0.15, -0.1) is 0 Å². The van der Waals surface area contributed by atoms with Crippen LogP contribution in [-0.4, -0.2) is 31.2 Å². The van der Waals surface area contributed by atoms with Gasteiger partial charge in [0, 0.05) is 18.2 Å². The van der Waals surface area contributed by atoms with Crippen LogP contribution in [-0.2, 0) is 0 Å². The average Bonchev–Trinajstić information content (AvgIpc) is 2.94. The molecule has 0 aliphatic rings. The van der Waals surface area contributed by atoms with E-state index in [2.05, 4.69) is 15.8 Å². The van der Waals surface area contributed by atoms with Gasteiger partial charge in [-0.1, -0.05) is 35.5 Å². The van der Waals surface area contributed by atoms with Crippen molar-refractivity contribution in [2.75, 3.05) is 20.1 Å². The second-order valence-corrected chi connectivity index (χ2v) is 4.16. The topological polar surface area (TPSA) is 67.2 Å². The van der Waals surface area contributed by atoms with Crippen LogP contribution >= 0.6 is 0 Å². The smallest absolute Gasteiger partial charge is 0.289 e. The molecule has 1 amide bonds. The van der Waals surface area contributed by atoms with Crippen molar-refractivity contribution in [3.8, 4) is 11.3 Å². The number of hydrogen-bond acceptors (Lipinski definition) is 4. The molecule has 19 heavy (non-hydrogen) atoms. The van der Waals surface area contributed by atoms with E-state index in [1.807, 2.05) is 37.4 Å². The minimum absolute atomic E-state index is 0.231. The van der Waals surface area contributed by atoms with Crippen LogP contribution < -0.4 is 10.6 Å². The first-order valence-corrected chi connectivity index (χ1v) is 6.26. The third-order valence-corrected chi connectivity index (χ3v) is 2.69. The summed E-state index contributed by atoms with van der Waals surface area (Å²) in [6.07, 6.45) is 0.877. The Morgan fingerprint density at radius 3 is 2.79 bits per heavy atom. The van der Waals surface area contributed by atoms with Gasteiger partial charge in [-0.05, 0) is 20.0 Å². The molecule has 0 spiro atoms. The summed E-state index contributed by atoms with van der Waals surface area (Å²) >= 11 is 0. The highest BCUT2D eigenvalue weighted by Gasteiger charge is 2.13. The number of nitrogens with zero attached hydrogens (tertiary/aromatic N) is 1. The molecule has 1 aromatic heterocycles. The van der Waals surface area contributed by atoms with Gasteiger partial charge in [0.05, 0.1) is 0 Å². The van der Waals surface area contributed by atoms with Crippen LogP contribution in [0.15, 0.2) is 40.9 Å². The van der Waals surface area contributed by atoms with E-state index >= 15 is 0 Å². The van der Waals surface area contributed by atoms with Crippen molar-refractivity contribution in [2.45, 2.75) is 6.42 Å². The largest absolute Gasteiger partial charge is 0.350 e. The summed E-state index contributed by atoms with van der Waals surface area (Å²) in [5, 5.41) is 9.71. The molecule has 2 rings (SSSR count). The SMILES string of the molecule is CNCCCNC(=O)c1cc(-c2ccccc2)no1. The third kappa shape index (κ3) is 3.66. The summed E-state index contributed by atoms with van der Waals surface area (Å²) in [6, 6.07) is 11.3. The molecule has 1 aromatic carbocycles. The van der Waals surface area contributed by atoms with Gasteiger partial charge in [0.25, 0.3) is 5.91 Å². The zero-order valence-corrected chi connectivity index (χ0v) is 10.8. The Hall–Kier alpha value is -2.14. The number of benzene rings is 1. The fourth-order valence-electron chi connectivity index (χ4n) is 1.68. The second-order valence-electron chi connectivity index (χ2n) is 4.16. The van der Waals surface area contributed by atoms with E-state index < -0.39 is 0 Å². The van der Waals surface area contributed by atoms with Gasteiger partial charge in [-0.3, -0.25) is 4.79 Å². The fraction of sp³-hybridized carbons (Fsp3) is 0.286. The lowest BCUT2D eigenvalue weighted by molar-refractivity contribution is 0.0916. The molecule has 5 nitrogen and oxygen atoms in total. The fourth-order valence-corrected chi connectivity index (χ4v) is 1.68. The number of hydrogen-bond donors (Lipinski definition) is 2. The van der Waals surface area contributed by atoms with Gasteiger partial charge in [0.1, 0.15) is 5.69 Å². The Labute approximate surface area is 112 Å². The van der Waals surface area contributed by atoms with E-state index in [0.29, 0.717) is 12.2 Å². The van der Waals surface area contributed by atoms with Gasteiger partial charge in [0.15, 0.2) is 0 Å². The van der Waals surface area contributed by atoms with Crippen molar-refractivity contribution in [2.24, 2.45) is 0 Å². The predicted molar refractivity (Wildman–Crippen MR) is 72.8 cm³/mol. The van der Waals surface area contributed by atoms with Crippen molar-refractivity contribution in [1.82, 2.24) is 15.8 Å². The van der Waals surface area contributed by atoms with E-state index in [-0.39, 0.29) is 11.7 Å². The van der Waals surface area contributed by atoms with Crippen LogP contribution in [0.3, 0.4) is 0 Å². The molecule has 0 aliphatic carbocycles. The normalized spacial score (nSPS) is 10.4. The van der Waals surface area contributed by atoms with E-state index in [1.54, 1.807) is 6.07 Å². The standard InChI is InChI=1S/C14H17N3O2/c1-15-8-5-9-16-14(18)13-10-12(17-19-13)11-6-3-2-4-7-11/h2-4,6-7,10,15H,5,8-9H2,1H3,(H,16,18). The van der Waals surface area contributed by atoms with Crippen molar-refractivity contribution in [3.05, 3.63) is 42.2 Å². The number of carbonyl (C=O) groups is 1. The number of carbonyl (C=O) groups excluding carboxylic acids is 1. The summed E-state index contributed by atoms with van der Waals surface area (Å²) in [7, 11) is 1.88. The molecule has 0 radical (unpaired) electrons. The van der Waals surface area contributed by atoms with Crippen LogP contribution in [0.1, 0.15) is 17.0 Å². The molecule has 0 saturated carbocycles. The van der Waals surface area contributed by atoms with Crippen molar-refractivity contribution < 1.29 is 9.32 Å². The summed E-state index contributed by atoms with van der Waals surface area (Å²) in [4.78, 5) is 11.8. The van der Waals surface area contributed by atoms with Gasteiger partial charge in [-0.2, -0.15) is 0 Å². The predicted octanol–water partition coefficient (Wildman–Crippen LogP) is 1.68. The first-order chi connectivity index (χ1) is 9.31. The number of aromatic nitrogens is 1. The van der Waals surface area contributed by atoms with Crippen LogP contribution in [0, 0.1) is 0 Å². The molecule has 2 N–H and O–H groups in total. The number of rotatable bonds is 6. The first kappa shape index (κ1) is 13.3. The van der Waals surface area contributed by atoms with Crippen molar-refractivity contribution >= 4 is 5.91 Å². The highest BCUT2D eigenvalue weighted by Crippen LogP contribution is 2.18. The minimum atomic E-state index is -0.231. The zero-order chi connectivity index (χ0) is 13.5. The Morgan fingerprint density at radius 1 is 1.26 bits per heavy atom. The molecule has 0 saturated heterocycles. The lowest BCUT2D eigenvalue weighted by Gasteiger charge is -2.01. The summed E-state index contributed by atoms with van der Waals surface area (Å²) in [6.45, 7) is 1.48. The van der Waals surface area contributed by atoms with Crippen molar-refractivity contribution in [1.29, 1.82) is 0 Å². The maximum atomic E-state index is 11.8. The average molecular weight is 259 g/mol. The molecule has 0 bridgehead atoms. The Kier molecular flexibility index (Phi) is 4.69. The van der Waals surface area contributed by atoms with Crippen LogP contribution in [0.25, 0.3) is 11.3 Å². The van der Waals surface area contributed by atoms with Gasteiger partial charge in [0.2, 0.25) is 5.76 Å². The van der Waals surface area contributed by atoms with Gasteiger partial charge < -0.3 is 15.2 Å². The first-order valence-electron chi connectivity index (χ1n) is 6.26. The molecule has 100 valence electrons. The molecule has 0 unspecified atom stereocenters. The quantitative estimate of drug-likeness (QED) is 0.775. The lowest BCUT2D eigenvalue weighted by Crippen LogP contribution is -2.26. The van der Waals surface area contributed by atoms with Gasteiger partial charge >= 0.3 is 0 Å². The number of amides is 1. The molecule has 0 fully saturated rings. The Balaban J connectivity index is 1.95. The lowest BCUT2D eigenvalue weighted by atomic mass is 10.1. The molecular formula is C14H17N3O2. The molecule has 0 atom stereocenters. The maximum absolute atomic E-state index is 11.8. The highest BCUT2D eigenvalue weighted by atomic mass is 16.5. The highest BCUT2D eigenvalue weighted by molar-refractivity contribution is 5.92. The minimum Gasteiger partial charge on any atom is -0.350 e. The summed E-state index contributed by atoms with van der Waals surface area (Å²) in [5.74, 6) is 0.00842. The van der Waals surface area contributed by atoms with Gasteiger partial charge in [-0.25, -0.2) is 0 Å². The van der Waals surface area contributed by atoms with Crippen LogP contribution in [0.2, 0.25) is 0 Å². The van der Waals surface area contributed by atoms with E-state index in [0.717, 1.165) is 18.5 Å². The van der Waals surface area contributed by atoms with Crippen LogP contribution in [0.5, 0.6) is 0 Å². The molecule has 2 aromatic rings. The van der Waals surface area contributed by atoms with E-state index in [1.165, 1.54) is 0 Å². The second kappa shape index (κ2) is 6.70.